The highest BCUT2D eigenvalue weighted by Gasteiger charge is 2.31. The second-order valence-corrected chi connectivity index (χ2v) is 4.29. The Balaban J connectivity index is 3.39. The lowest BCUT2D eigenvalue weighted by molar-refractivity contribution is -0.386. The first-order valence-corrected chi connectivity index (χ1v) is 5.89. The maximum Gasteiger partial charge on any atom is 0.313 e. The largest absolute Gasteiger partial charge is 0.327 e. The SMILES string of the molecule is CCc1nn(C)c(C(CC)C(C)N)c1[N+](=O)[O-]. The Morgan fingerprint density at radius 3 is 2.47 bits per heavy atom. The van der Waals surface area contributed by atoms with Crippen LogP contribution in [0.1, 0.15) is 44.5 Å². The second kappa shape index (κ2) is 5.27. The number of nitrogens with two attached hydrogens (primary N) is 1. The first-order chi connectivity index (χ1) is 7.93. The zero-order chi connectivity index (χ0) is 13.2. The van der Waals surface area contributed by atoms with Gasteiger partial charge in [-0.15, -0.1) is 0 Å². The zero-order valence-electron chi connectivity index (χ0n) is 10.8. The molecule has 0 radical (unpaired) electrons. The van der Waals surface area contributed by atoms with Crippen LogP contribution in [0.4, 0.5) is 5.69 Å². The van der Waals surface area contributed by atoms with Crippen molar-refractivity contribution in [2.75, 3.05) is 0 Å². The molecule has 6 nitrogen and oxygen atoms in total. The quantitative estimate of drug-likeness (QED) is 0.627. The number of nitro groups is 1. The number of hydrogen-bond acceptors (Lipinski definition) is 4. The van der Waals surface area contributed by atoms with Crippen molar-refractivity contribution in [1.82, 2.24) is 9.78 Å². The lowest BCUT2D eigenvalue weighted by atomic mass is 9.93. The van der Waals surface area contributed by atoms with Crippen LogP contribution in [0.3, 0.4) is 0 Å². The molecule has 2 unspecified atom stereocenters. The fourth-order valence-corrected chi connectivity index (χ4v) is 2.25. The molecule has 0 aliphatic rings. The van der Waals surface area contributed by atoms with Crippen LogP contribution < -0.4 is 5.73 Å². The Hall–Kier alpha value is -1.43. The summed E-state index contributed by atoms with van der Waals surface area (Å²) in [5.41, 5.74) is 7.22. The maximum absolute atomic E-state index is 11.2. The summed E-state index contributed by atoms with van der Waals surface area (Å²) in [6.07, 6.45) is 1.32. The van der Waals surface area contributed by atoms with Gasteiger partial charge in [-0.1, -0.05) is 13.8 Å². The molecule has 0 spiro atoms. The van der Waals surface area contributed by atoms with Gasteiger partial charge < -0.3 is 5.73 Å². The summed E-state index contributed by atoms with van der Waals surface area (Å²) < 4.78 is 1.61. The molecule has 96 valence electrons. The van der Waals surface area contributed by atoms with Crippen LogP contribution in [0.25, 0.3) is 0 Å². The third-order valence-corrected chi connectivity index (χ3v) is 3.08. The van der Waals surface area contributed by atoms with E-state index in [1.165, 1.54) is 0 Å². The molecule has 0 aliphatic heterocycles. The van der Waals surface area contributed by atoms with E-state index >= 15 is 0 Å². The van der Waals surface area contributed by atoms with Crippen LogP contribution in [0, 0.1) is 10.1 Å². The van der Waals surface area contributed by atoms with Gasteiger partial charge in [0.05, 0.1) is 4.92 Å². The minimum absolute atomic E-state index is 0.0341. The van der Waals surface area contributed by atoms with Crippen molar-refractivity contribution in [2.24, 2.45) is 12.8 Å². The van der Waals surface area contributed by atoms with Crippen LogP contribution in [-0.2, 0) is 13.5 Å². The van der Waals surface area contributed by atoms with Crippen molar-refractivity contribution in [3.63, 3.8) is 0 Å². The molecule has 2 N–H and O–H groups in total. The molecule has 0 saturated carbocycles. The van der Waals surface area contributed by atoms with Crippen molar-refractivity contribution in [1.29, 1.82) is 0 Å². The van der Waals surface area contributed by atoms with E-state index in [2.05, 4.69) is 5.10 Å². The Labute approximate surface area is 101 Å². The van der Waals surface area contributed by atoms with Crippen LogP contribution in [0.5, 0.6) is 0 Å². The molecule has 1 rings (SSSR count). The lowest BCUT2D eigenvalue weighted by Crippen LogP contribution is -2.26. The summed E-state index contributed by atoms with van der Waals surface area (Å²) >= 11 is 0. The standard InChI is InChI=1S/C11H20N4O2/c1-5-8(7(3)12)10-11(15(16)17)9(6-2)13-14(10)4/h7-8H,5-6,12H2,1-4H3. The molecule has 17 heavy (non-hydrogen) atoms. The summed E-state index contributed by atoms with van der Waals surface area (Å²) in [5.74, 6) is -0.0341. The van der Waals surface area contributed by atoms with Crippen LogP contribution in [0.2, 0.25) is 0 Å². The van der Waals surface area contributed by atoms with Gasteiger partial charge in [0.1, 0.15) is 11.4 Å². The summed E-state index contributed by atoms with van der Waals surface area (Å²) in [6.45, 7) is 5.72. The smallest absolute Gasteiger partial charge is 0.313 e. The molecule has 2 atom stereocenters. The van der Waals surface area contributed by atoms with Gasteiger partial charge in [0.15, 0.2) is 0 Å². The molecule has 6 heteroatoms. The molecule has 0 bridgehead atoms. The Kier molecular flexibility index (Phi) is 4.22. The second-order valence-electron chi connectivity index (χ2n) is 4.29. The first kappa shape index (κ1) is 13.6. The number of rotatable bonds is 5. The average Bonchev–Trinajstić information content (AvgIpc) is 2.57. The van der Waals surface area contributed by atoms with Gasteiger partial charge in [-0.25, -0.2) is 0 Å². The van der Waals surface area contributed by atoms with Crippen LogP contribution in [0.15, 0.2) is 0 Å². The topological polar surface area (TPSA) is 87.0 Å². The van der Waals surface area contributed by atoms with Crippen LogP contribution in [-0.4, -0.2) is 20.7 Å². The van der Waals surface area contributed by atoms with E-state index in [-0.39, 0.29) is 22.6 Å². The number of hydrogen-bond donors (Lipinski definition) is 1. The van der Waals surface area contributed by atoms with Crippen molar-refractivity contribution in [3.05, 3.63) is 21.5 Å². The monoisotopic (exact) mass is 240 g/mol. The van der Waals surface area contributed by atoms with E-state index in [0.29, 0.717) is 17.8 Å². The molecular formula is C11H20N4O2. The highest BCUT2D eigenvalue weighted by atomic mass is 16.6. The number of nitrogens with zero attached hydrogens (tertiary/aromatic N) is 3. The highest BCUT2D eigenvalue weighted by Crippen LogP contribution is 2.33. The third-order valence-electron chi connectivity index (χ3n) is 3.08. The molecule has 1 heterocycles. The van der Waals surface area contributed by atoms with E-state index in [1.807, 2.05) is 20.8 Å². The van der Waals surface area contributed by atoms with Crippen molar-refractivity contribution < 1.29 is 4.92 Å². The van der Waals surface area contributed by atoms with Gasteiger partial charge in [-0.2, -0.15) is 5.10 Å². The molecule has 0 aliphatic carbocycles. The number of aromatic nitrogens is 2. The predicted octanol–water partition coefficient (Wildman–Crippen LogP) is 1.73. The molecular weight excluding hydrogens is 220 g/mol. The summed E-state index contributed by atoms with van der Waals surface area (Å²) in [4.78, 5) is 10.8. The Morgan fingerprint density at radius 2 is 2.12 bits per heavy atom. The minimum Gasteiger partial charge on any atom is -0.327 e. The molecule has 0 fully saturated rings. The van der Waals surface area contributed by atoms with Gasteiger partial charge >= 0.3 is 5.69 Å². The Bertz CT molecular complexity index is 412. The van der Waals surface area contributed by atoms with Crippen LogP contribution >= 0.6 is 0 Å². The highest BCUT2D eigenvalue weighted by molar-refractivity contribution is 5.43. The summed E-state index contributed by atoms with van der Waals surface area (Å²) in [7, 11) is 1.74. The molecule has 1 aromatic rings. The zero-order valence-corrected chi connectivity index (χ0v) is 10.8. The first-order valence-electron chi connectivity index (χ1n) is 5.89. The van der Waals surface area contributed by atoms with E-state index in [4.69, 9.17) is 5.73 Å². The molecule has 0 amide bonds. The minimum atomic E-state index is -0.341. The van der Waals surface area contributed by atoms with Gasteiger partial charge in [-0.3, -0.25) is 14.8 Å². The summed E-state index contributed by atoms with van der Waals surface area (Å²) in [6, 6.07) is -0.126. The van der Waals surface area contributed by atoms with Crippen molar-refractivity contribution in [3.8, 4) is 0 Å². The molecule has 0 saturated heterocycles. The van der Waals surface area contributed by atoms with E-state index < -0.39 is 0 Å². The van der Waals surface area contributed by atoms with E-state index in [1.54, 1.807) is 11.7 Å². The summed E-state index contributed by atoms with van der Waals surface area (Å²) in [5, 5.41) is 15.4. The van der Waals surface area contributed by atoms with Gasteiger partial charge in [0.2, 0.25) is 0 Å². The molecule has 1 aromatic heterocycles. The number of aryl methyl sites for hydroxylation is 2. The van der Waals surface area contributed by atoms with Gasteiger partial charge in [0.25, 0.3) is 0 Å². The Morgan fingerprint density at radius 1 is 1.53 bits per heavy atom. The normalized spacial score (nSPS) is 14.6. The predicted molar refractivity (Wildman–Crippen MR) is 65.9 cm³/mol. The van der Waals surface area contributed by atoms with Gasteiger partial charge in [-0.05, 0) is 19.8 Å². The maximum atomic E-state index is 11.2. The van der Waals surface area contributed by atoms with E-state index in [9.17, 15) is 10.1 Å². The van der Waals surface area contributed by atoms with Crippen molar-refractivity contribution in [2.45, 2.75) is 45.6 Å². The van der Waals surface area contributed by atoms with Crippen molar-refractivity contribution >= 4 is 5.69 Å². The average molecular weight is 240 g/mol. The van der Waals surface area contributed by atoms with Gasteiger partial charge in [0, 0.05) is 19.0 Å². The van der Waals surface area contributed by atoms with E-state index in [0.717, 1.165) is 6.42 Å². The lowest BCUT2D eigenvalue weighted by Gasteiger charge is -2.18. The fourth-order valence-electron chi connectivity index (χ4n) is 2.25. The molecule has 0 aromatic carbocycles. The third kappa shape index (κ3) is 2.46. The fraction of sp³-hybridized carbons (Fsp3) is 0.727.